The number of rotatable bonds is 6. The fraction of sp³-hybridized carbons (Fsp3) is 0.471. The summed E-state index contributed by atoms with van der Waals surface area (Å²) in [6.45, 7) is 1.77. The van der Waals surface area contributed by atoms with Gasteiger partial charge in [-0.2, -0.15) is 0 Å². The van der Waals surface area contributed by atoms with Crippen LogP contribution in [0.1, 0.15) is 45.4 Å². The maximum atomic E-state index is 12.1. The molecule has 0 heterocycles. The monoisotopic (exact) mass is 318 g/mol. The summed E-state index contributed by atoms with van der Waals surface area (Å²) >= 11 is 0. The van der Waals surface area contributed by atoms with E-state index in [4.69, 9.17) is 0 Å². The van der Waals surface area contributed by atoms with Crippen molar-refractivity contribution in [2.45, 2.75) is 45.4 Å². The molecule has 0 spiro atoms. The molecule has 1 aliphatic rings. The summed E-state index contributed by atoms with van der Waals surface area (Å²) in [5.41, 5.74) is 0.328. The summed E-state index contributed by atoms with van der Waals surface area (Å²) in [6.07, 6.45) is 3.21. The number of carboxylic acid groups (broad SMARTS) is 1. The van der Waals surface area contributed by atoms with Crippen molar-refractivity contribution in [2.75, 3.05) is 10.6 Å². The van der Waals surface area contributed by atoms with E-state index in [0.29, 0.717) is 30.6 Å². The molecule has 0 aliphatic heterocycles. The molecule has 1 aromatic rings. The van der Waals surface area contributed by atoms with Crippen LogP contribution in [0.25, 0.3) is 0 Å². The fourth-order valence-electron chi connectivity index (χ4n) is 2.92. The SMILES string of the molecule is CCC(=O)Nc1ccc(NC(=O)CC2(C(=O)O)CCCC2)cc1. The Hall–Kier alpha value is -2.37. The van der Waals surface area contributed by atoms with E-state index < -0.39 is 11.4 Å². The molecule has 1 saturated carbocycles. The zero-order valence-corrected chi connectivity index (χ0v) is 13.2. The quantitative estimate of drug-likeness (QED) is 0.751. The number of carbonyl (C=O) groups is 3. The van der Waals surface area contributed by atoms with E-state index in [1.165, 1.54) is 0 Å². The first kappa shape index (κ1) is 17.0. The lowest BCUT2D eigenvalue weighted by Gasteiger charge is -2.22. The number of carboxylic acids is 1. The minimum Gasteiger partial charge on any atom is -0.481 e. The maximum absolute atomic E-state index is 12.1. The number of nitrogens with one attached hydrogen (secondary N) is 2. The second-order valence-corrected chi connectivity index (χ2v) is 6.00. The van der Waals surface area contributed by atoms with Crippen LogP contribution in [0.2, 0.25) is 0 Å². The minimum atomic E-state index is -0.918. The number of hydrogen-bond acceptors (Lipinski definition) is 3. The van der Waals surface area contributed by atoms with Gasteiger partial charge < -0.3 is 15.7 Å². The molecule has 0 unspecified atom stereocenters. The van der Waals surface area contributed by atoms with E-state index >= 15 is 0 Å². The summed E-state index contributed by atoms with van der Waals surface area (Å²) < 4.78 is 0. The normalized spacial score (nSPS) is 15.9. The Morgan fingerprint density at radius 2 is 1.48 bits per heavy atom. The van der Waals surface area contributed by atoms with E-state index in [1.807, 2.05) is 0 Å². The highest BCUT2D eigenvalue weighted by molar-refractivity contribution is 5.95. The van der Waals surface area contributed by atoms with Gasteiger partial charge in [-0.3, -0.25) is 14.4 Å². The van der Waals surface area contributed by atoms with E-state index in [-0.39, 0.29) is 18.2 Å². The van der Waals surface area contributed by atoms with E-state index in [0.717, 1.165) is 12.8 Å². The molecule has 6 nitrogen and oxygen atoms in total. The Kier molecular flexibility index (Phi) is 5.36. The zero-order chi connectivity index (χ0) is 16.9. The van der Waals surface area contributed by atoms with Crippen molar-refractivity contribution >= 4 is 29.2 Å². The lowest BCUT2D eigenvalue weighted by atomic mass is 9.82. The summed E-state index contributed by atoms with van der Waals surface area (Å²) in [4.78, 5) is 34.9. The largest absolute Gasteiger partial charge is 0.481 e. The fourth-order valence-corrected chi connectivity index (χ4v) is 2.92. The van der Waals surface area contributed by atoms with Gasteiger partial charge in [0.15, 0.2) is 0 Å². The Morgan fingerprint density at radius 3 is 1.91 bits per heavy atom. The molecule has 0 aromatic heterocycles. The van der Waals surface area contributed by atoms with Gasteiger partial charge in [-0.1, -0.05) is 19.8 Å². The van der Waals surface area contributed by atoms with Gasteiger partial charge in [0.1, 0.15) is 0 Å². The summed E-state index contributed by atoms with van der Waals surface area (Å²) in [5, 5.41) is 14.9. The smallest absolute Gasteiger partial charge is 0.310 e. The molecule has 2 amide bonds. The average Bonchev–Trinajstić information content (AvgIpc) is 2.99. The summed E-state index contributed by atoms with van der Waals surface area (Å²) in [5.74, 6) is -1.26. The molecule has 124 valence electrons. The molecule has 3 N–H and O–H groups in total. The van der Waals surface area contributed by atoms with Crippen LogP contribution in [0.4, 0.5) is 11.4 Å². The summed E-state index contributed by atoms with van der Waals surface area (Å²) in [6, 6.07) is 6.77. The molecule has 0 atom stereocenters. The first-order valence-electron chi connectivity index (χ1n) is 7.88. The van der Waals surface area contributed by atoms with E-state index in [1.54, 1.807) is 31.2 Å². The molecular weight excluding hydrogens is 296 g/mol. The van der Waals surface area contributed by atoms with Crippen LogP contribution in [0.3, 0.4) is 0 Å². The third kappa shape index (κ3) is 4.31. The van der Waals surface area contributed by atoms with Gasteiger partial charge in [0.25, 0.3) is 0 Å². The first-order valence-corrected chi connectivity index (χ1v) is 7.88. The number of aliphatic carboxylic acids is 1. The minimum absolute atomic E-state index is 0.00332. The predicted molar refractivity (Wildman–Crippen MR) is 87.1 cm³/mol. The number of amides is 2. The highest BCUT2D eigenvalue weighted by atomic mass is 16.4. The molecule has 1 aliphatic carbocycles. The molecule has 0 bridgehead atoms. The molecule has 1 fully saturated rings. The van der Waals surface area contributed by atoms with Crippen LogP contribution in [-0.4, -0.2) is 22.9 Å². The lowest BCUT2D eigenvalue weighted by molar-refractivity contribution is -0.150. The lowest BCUT2D eigenvalue weighted by Crippen LogP contribution is -2.32. The van der Waals surface area contributed by atoms with Crippen molar-refractivity contribution in [3.8, 4) is 0 Å². The van der Waals surface area contributed by atoms with E-state index in [2.05, 4.69) is 10.6 Å². The van der Waals surface area contributed by atoms with Crippen LogP contribution < -0.4 is 10.6 Å². The topological polar surface area (TPSA) is 95.5 Å². The molecule has 23 heavy (non-hydrogen) atoms. The third-order valence-electron chi connectivity index (χ3n) is 4.29. The van der Waals surface area contributed by atoms with Gasteiger partial charge in [-0.05, 0) is 37.1 Å². The van der Waals surface area contributed by atoms with Crippen LogP contribution in [0.15, 0.2) is 24.3 Å². The van der Waals surface area contributed by atoms with Crippen molar-refractivity contribution in [3.63, 3.8) is 0 Å². The highest BCUT2D eigenvalue weighted by Gasteiger charge is 2.42. The third-order valence-corrected chi connectivity index (χ3v) is 4.29. The Balaban J connectivity index is 1.95. The number of anilines is 2. The predicted octanol–water partition coefficient (Wildman–Crippen LogP) is 3.01. The standard InChI is InChI=1S/C17H22N2O4/c1-2-14(20)18-12-5-7-13(8-6-12)19-15(21)11-17(16(22)23)9-3-4-10-17/h5-8H,2-4,9-11H2,1H3,(H,18,20)(H,19,21)(H,22,23). The van der Waals surface area contributed by atoms with Gasteiger partial charge in [0, 0.05) is 24.2 Å². The Bertz CT molecular complexity index is 589. The van der Waals surface area contributed by atoms with Crippen LogP contribution in [-0.2, 0) is 14.4 Å². The second-order valence-electron chi connectivity index (χ2n) is 6.00. The second kappa shape index (κ2) is 7.26. The summed E-state index contributed by atoms with van der Waals surface area (Å²) in [7, 11) is 0. The van der Waals surface area contributed by atoms with Gasteiger partial charge in [0.05, 0.1) is 5.41 Å². The Labute approximate surface area is 135 Å². The van der Waals surface area contributed by atoms with Crippen LogP contribution in [0.5, 0.6) is 0 Å². The zero-order valence-electron chi connectivity index (χ0n) is 13.2. The highest BCUT2D eigenvalue weighted by Crippen LogP contribution is 2.41. The number of hydrogen-bond donors (Lipinski definition) is 3. The first-order chi connectivity index (χ1) is 10.9. The van der Waals surface area contributed by atoms with Gasteiger partial charge in [0.2, 0.25) is 11.8 Å². The van der Waals surface area contributed by atoms with Crippen molar-refractivity contribution in [1.29, 1.82) is 0 Å². The molecule has 6 heteroatoms. The average molecular weight is 318 g/mol. The maximum Gasteiger partial charge on any atom is 0.310 e. The van der Waals surface area contributed by atoms with Crippen molar-refractivity contribution in [1.82, 2.24) is 0 Å². The van der Waals surface area contributed by atoms with Crippen LogP contribution >= 0.6 is 0 Å². The van der Waals surface area contributed by atoms with Gasteiger partial charge in [-0.25, -0.2) is 0 Å². The van der Waals surface area contributed by atoms with Crippen molar-refractivity contribution < 1.29 is 19.5 Å². The molecule has 0 radical (unpaired) electrons. The van der Waals surface area contributed by atoms with Gasteiger partial charge in [-0.15, -0.1) is 0 Å². The van der Waals surface area contributed by atoms with Gasteiger partial charge >= 0.3 is 5.97 Å². The molecule has 1 aromatic carbocycles. The van der Waals surface area contributed by atoms with Crippen molar-refractivity contribution in [3.05, 3.63) is 24.3 Å². The molecular formula is C17H22N2O4. The molecule has 2 rings (SSSR count). The van der Waals surface area contributed by atoms with Crippen LogP contribution in [0, 0.1) is 5.41 Å². The number of benzene rings is 1. The number of carbonyl (C=O) groups excluding carboxylic acids is 2. The van der Waals surface area contributed by atoms with Crippen molar-refractivity contribution in [2.24, 2.45) is 5.41 Å². The van der Waals surface area contributed by atoms with E-state index in [9.17, 15) is 19.5 Å². The Morgan fingerprint density at radius 1 is 1.00 bits per heavy atom. The molecule has 0 saturated heterocycles.